The molecule has 0 bridgehead atoms. The zero-order valence-corrected chi connectivity index (χ0v) is 13.3. The molecule has 0 aromatic carbocycles. The third kappa shape index (κ3) is 3.29. The minimum absolute atomic E-state index is 0.315. The Labute approximate surface area is 129 Å². The summed E-state index contributed by atoms with van der Waals surface area (Å²) in [6.45, 7) is 5.63. The molecule has 7 nitrogen and oxygen atoms in total. The van der Waals surface area contributed by atoms with Gasteiger partial charge in [0.25, 0.3) is 0 Å². The Morgan fingerprint density at radius 1 is 1.36 bits per heavy atom. The summed E-state index contributed by atoms with van der Waals surface area (Å²) >= 11 is 0. The van der Waals surface area contributed by atoms with Gasteiger partial charge < -0.3 is 15.2 Å². The molecule has 2 heterocycles. The molecule has 1 atom stereocenters. The number of methoxy groups -OCH3 is 1. The van der Waals surface area contributed by atoms with Gasteiger partial charge in [-0.15, -0.1) is 0 Å². The van der Waals surface area contributed by atoms with Gasteiger partial charge in [-0.1, -0.05) is 0 Å². The molecule has 0 aliphatic carbocycles. The number of aromatic nitrogens is 1. The van der Waals surface area contributed by atoms with E-state index in [4.69, 9.17) is 15.2 Å². The van der Waals surface area contributed by atoms with Crippen molar-refractivity contribution in [3.8, 4) is 5.88 Å². The van der Waals surface area contributed by atoms with E-state index in [-0.39, 0.29) is 0 Å². The van der Waals surface area contributed by atoms with Gasteiger partial charge in [0.1, 0.15) is 11.6 Å². The number of nitrogens with two attached hydrogens (primary N) is 1. The second kappa shape index (κ2) is 5.82. The van der Waals surface area contributed by atoms with Crippen molar-refractivity contribution in [3.63, 3.8) is 0 Å². The van der Waals surface area contributed by atoms with Crippen molar-refractivity contribution >= 4 is 12.0 Å². The van der Waals surface area contributed by atoms with Crippen molar-refractivity contribution in [1.82, 2.24) is 9.88 Å². The molecule has 1 aromatic rings. The summed E-state index contributed by atoms with van der Waals surface area (Å²) in [5.74, 6) is -0.147. The molecule has 0 saturated carbocycles. The van der Waals surface area contributed by atoms with Crippen LogP contribution in [0.3, 0.4) is 0 Å². The van der Waals surface area contributed by atoms with Gasteiger partial charge in [0.2, 0.25) is 11.8 Å². The number of hydrogen-bond donors (Lipinski definition) is 1. The van der Waals surface area contributed by atoms with E-state index in [2.05, 4.69) is 4.98 Å². The number of nitrogens with zero attached hydrogens (tertiary/aromatic N) is 2. The molecule has 2 N–H and O–H groups in total. The molecule has 0 fully saturated rings. The molecule has 0 radical (unpaired) electrons. The van der Waals surface area contributed by atoms with E-state index in [1.165, 1.54) is 12.0 Å². The molecule has 22 heavy (non-hydrogen) atoms. The SMILES string of the molecule is COc1ccc2c(n1)CCN(C(=O)OC(C)(C)C)[C@H]2C(N)=O. The monoisotopic (exact) mass is 307 g/mol. The first-order valence-corrected chi connectivity index (χ1v) is 7.05. The van der Waals surface area contributed by atoms with Crippen LogP contribution in [0.5, 0.6) is 5.88 Å². The average molecular weight is 307 g/mol. The van der Waals surface area contributed by atoms with E-state index in [9.17, 15) is 9.59 Å². The van der Waals surface area contributed by atoms with Crippen LogP contribution >= 0.6 is 0 Å². The highest BCUT2D eigenvalue weighted by molar-refractivity contribution is 5.86. The fraction of sp³-hybridized carbons (Fsp3) is 0.533. The molecule has 1 aliphatic heterocycles. The largest absolute Gasteiger partial charge is 0.481 e. The Balaban J connectivity index is 2.34. The zero-order valence-electron chi connectivity index (χ0n) is 13.3. The molecule has 1 aliphatic rings. The number of rotatable bonds is 2. The van der Waals surface area contributed by atoms with Crippen molar-refractivity contribution in [2.75, 3.05) is 13.7 Å². The van der Waals surface area contributed by atoms with E-state index in [0.29, 0.717) is 30.1 Å². The van der Waals surface area contributed by atoms with Crippen LogP contribution in [0.15, 0.2) is 12.1 Å². The van der Waals surface area contributed by atoms with Crippen molar-refractivity contribution < 1.29 is 19.1 Å². The lowest BCUT2D eigenvalue weighted by molar-refractivity contribution is -0.123. The second-order valence-corrected chi connectivity index (χ2v) is 6.12. The summed E-state index contributed by atoms with van der Waals surface area (Å²) in [5, 5.41) is 0. The highest BCUT2D eigenvalue weighted by atomic mass is 16.6. The van der Waals surface area contributed by atoms with Gasteiger partial charge in [-0.05, 0) is 26.8 Å². The summed E-state index contributed by atoms with van der Waals surface area (Å²) in [7, 11) is 1.52. The maximum Gasteiger partial charge on any atom is 0.411 e. The quantitative estimate of drug-likeness (QED) is 0.891. The first-order chi connectivity index (χ1) is 10.2. The van der Waals surface area contributed by atoms with Gasteiger partial charge in [0, 0.05) is 24.6 Å². The van der Waals surface area contributed by atoms with Crippen LogP contribution in [0, 0.1) is 0 Å². The summed E-state index contributed by atoms with van der Waals surface area (Å²) in [6, 6.07) is 2.48. The Hall–Kier alpha value is -2.31. The van der Waals surface area contributed by atoms with E-state index in [0.717, 1.165) is 0 Å². The first kappa shape index (κ1) is 16.1. The minimum Gasteiger partial charge on any atom is -0.481 e. The van der Waals surface area contributed by atoms with Crippen LogP contribution in [0.1, 0.15) is 38.1 Å². The lowest BCUT2D eigenvalue weighted by Crippen LogP contribution is -2.47. The van der Waals surface area contributed by atoms with Crippen LogP contribution in [-0.4, -0.2) is 41.1 Å². The average Bonchev–Trinajstić information content (AvgIpc) is 2.43. The number of hydrogen-bond acceptors (Lipinski definition) is 5. The highest BCUT2D eigenvalue weighted by Gasteiger charge is 2.37. The normalized spacial score (nSPS) is 17.6. The molecule has 7 heteroatoms. The number of amides is 2. The van der Waals surface area contributed by atoms with Crippen molar-refractivity contribution in [1.29, 1.82) is 0 Å². The van der Waals surface area contributed by atoms with Crippen molar-refractivity contribution in [3.05, 3.63) is 23.4 Å². The first-order valence-electron chi connectivity index (χ1n) is 7.05. The van der Waals surface area contributed by atoms with Gasteiger partial charge >= 0.3 is 6.09 Å². The predicted molar refractivity (Wildman–Crippen MR) is 79.4 cm³/mol. The summed E-state index contributed by atoms with van der Waals surface area (Å²) in [5.41, 5.74) is 6.18. The Bertz CT molecular complexity index is 595. The fourth-order valence-corrected chi connectivity index (χ4v) is 2.40. The standard InChI is InChI=1S/C15H21N3O4/c1-15(2,3)22-14(20)18-8-7-10-9(12(18)13(16)19)5-6-11(17-10)21-4/h5-6,12H,7-8H2,1-4H3,(H2,16,19)/t12-/m1/s1. The molecular formula is C15H21N3O4. The Morgan fingerprint density at radius 3 is 2.59 bits per heavy atom. The lowest BCUT2D eigenvalue weighted by Gasteiger charge is -2.35. The van der Waals surface area contributed by atoms with Gasteiger partial charge in [0.05, 0.1) is 12.8 Å². The number of fused-ring (bicyclic) bond motifs is 1. The summed E-state index contributed by atoms with van der Waals surface area (Å²) < 4.78 is 10.4. The summed E-state index contributed by atoms with van der Waals surface area (Å²) in [6.07, 6.45) is -0.0481. The molecule has 0 spiro atoms. The molecule has 1 aromatic heterocycles. The lowest BCUT2D eigenvalue weighted by atomic mass is 9.96. The maximum atomic E-state index is 12.3. The Kier molecular flexibility index (Phi) is 4.25. The van der Waals surface area contributed by atoms with Crippen LogP contribution in [-0.2, 0) is 16.0 Å². The number of carbonyl (C=O) groups excluding carboxylic acids is 2. The molecule has 0 unspecified atom stereocenters. The number of pyridine rings is 1. The zero-order chi connectivity index (χ0) is 16.5. The molecule has 0 saturated heterocycles. The third-order valence-electron chi connectivity index (χ3n) is 3.29. The van der Waals surface area contributed by atoms with E-state index in [1.54, 1.807) is 32.9 Å². The van der Waals surface area contributed by atoms with E-state index < -0.39 is 23.6 Å². The van der Waals surface area contributed by atoms with Crippen LogP contribution in [0.25, 0.3) is 0 Å². The molecule has 2 rings (SSSR count). The highest BCUT2D eigenvalue weighted by Crippen LogP contribution is 2.31. The van der Waals surface area contributed by atoms with Gasteiger partial charge in [0.15, 0.2) is 0 Å². The topological polar surface area (TPSA) is 94.8 Å². The fourth-order valence-electron chi connectivity index (χ4n) is 2.40. The summed E-state index contributed by atoms with van der Waals surface area (Å²) in [4.78, 5) is 29.9. The number of ether oxygens (including phenoxy) is 2. The van der Waals surface area contributed by atoms with Crippen LogP contribution in [0.2, 0.25) is 0 Å². The van der Waals surface area contributed by atoms with Crippen molar-refractivity contribution in [2.45, 2.75) is 38.8 Å². The third-order valence-corrected chi connectivity index (χ3v) is 3.29. The molecule has 120 valence electrons. The van der Waals surface area contributed by atoms with E-state index >= 15 is 0 Å². The smallest absolute Gasteiger partial charge is 0.411 e. The minimum atomic E-state index is -0.878. The number of carbonyl (C=O) groups is 2. The molecular weight excluding hydrogens is 286 g/mol. The predicted octanol–water partition coefficient (Wildman–Crippen LogP) is 1.41. The van der Waals surface area contributed by atoms with Gasteiger partial charge in [-0.25, -0.2) is 9.78 Å². The maximum absolute atomic E-state index is 12.3. The number of primary amides is 1. The molecule has 2 amide bonds. The van der Waals surface area contributed by atoms with Crippen molar-refractivity contribution in [2.24, 2.45) is 5.73 Å². The van der Waals surface area contributed by atoms with Gasteiger partial charge in [-0.2, -0.15) is 0 Å². The van der Waals surface area contributed by atoms with E-state index in [1.807, 2.05) is 0 Å². The van der Waals surface area contributed by atoms with Crippen LogP contribution in [0.4, 0.5) is 4.79 Å². The second-order valence-electron chi connectivity index (χ2n) is 6.12. The Morgan fingerprint density at radius 2 is 2.05 bits per heavy atom. The van der Waals surface area contributed by atoms with Crippen LogP contribution < -0.4 is 10.5 Å². The van der Waals surface area contributed by atoms with Gasteiger partial charge in [-0.3, -0.25) is 9.69 Å².